The van der Waals surface area contributed by atoms with Gasteiger partial charge in [-0.15, -0.1) is 0 Å². The zero-order chi connectivity index (χ0) is 15.2. The molecule has 1 aliphatic heterocycles. The van der Waals surface area contributed by atoms with Crippen molar-refractivity contribution in [1.82, 2.24) is 4.90 Å². The van der Waals surface area contributed by atoms with Gasteiger partial charge < -0.3 is 4.74 Å². The molecule has 0 amide bonds. The van der Waals surface area contributed by atoms with Crippen LogP contribution in [0.25, 0.3) is 0 Å². The van der Waals surface area contributed by atoms with Crippen LogP contribution in [0.15, 0.2) is 54.6 Å². The first-order valence-electron chi connectivity index (χ1n) is 7.78. The van der Waals surface area contributed by atoms with Crippen LogP contribution in [0, 0.1) is 18.8 Å². The fourth-order valence-electron chi connectivity index (χ4n) is 2.77. The molecule has 0 radical (unpaired) electrons. The molecule has 0 aromatic heterocycles. The highest BCUT2D eigenvalue weighted by molar-refractivity contribution is 5.40. The molecule has 2 aromatic carbocycles. The van der Waals surface area contributed by atoms with Gasteiger partial charge in [0.05, 0.1) is 19.3 Å². The number of ether oxygens (including phenoxy) is 1. The summed E-state index contributed by atoms with van der Waals surface area (Å²) >= 11 is 0. The van der Waals surface area contributed by atoms with Crippen molar-refractivity contribution >= 4 is 0 Å². The smallest absolute Gasteiger partial charge is 0.0978 e. The first-order chi connectivity index (χ1) is 10.8. The maximum Gasteiger partial charge on any atom is 0.0978 e. The van der Waals surface area contributed by atoms with Gasteiger partial charge in [-0.25, -0.2) is 0 Å². The lowest BCUT2D eigenvalue weighted by molar-refractivity contribution is 0.0269. The zero-order valence-corrected chi connectivity index (χ0v) is 13.0. The molecular formula is C20H21NO. The summed E-state index contributed by atoms with van der Waals surface area (Å²) in [7, 11) is 0. The lowest BCUT2D eigenvalue weighted by Gasteiger charge is -2.32. The number of hydrogen-bond donors (Lipinski definition) is 0. The van der Waals surface area contributed by atoms with Gasteiger partial charge in [0.25, 0.3) is 0 Å². The Morgan fingerprint density at radius 3 is 2.36 bits per heavy atom. The first-order valence-corrected chi connectivity index (χ1v) is 7.78. The molecule has 1 atom stereocenters. The quantitative estimate of drug-likeness (QED) is 0.786. The minimum absolute atomic E-state index is 0.130. The largest absolute Gasteiger partial charge is 0.379 e. The summed E-state index contributed by atoms with van der Waals surface area (Å²) in [5.41, 5.74) is 3.66. The van der Waals surface area contributed by atoms with Crippen LogP contribution in [-0.4, -0.2) is 31.2 Å². The van der Waals surface area contributed by atoms with E-state index in [4.69, 9.17) is 4.74 Å². The third kappa shape index (κ3) is 3.57. The van der Waals surface area contributed by atoms with Gasteiger partial charge >= 0.3 is 0 Å². The molecule has 0 aliphatic carbocycles. The number of rotatable bonds is 2. The van der Waals surface area contributed by atoms with Gasteiger partial charge in [-0.05, 0) is 30.2 Å². The molecule has 22 heavy (non-hydrogen) atoms. The Balaban J connectivity index is 1.93. The number of hydrogen-bond acceptors (Lipinski definition) is 2. The van der Waals surface area contributed by atoms with Gasteiger partial charge in [0.1, 0.15) is 0 Å². The van der Waals surface area contributed by atoms with E-state index in [0.29, 0.717) is 0 Å². The van der Waals surface area contributed by atoms with Crippen molar-refractivity contribution in [3.05, 3.63) is 71.3 Å². The number of aryl methyl sites for hydroxylation is 1. The third-order valence-electron chi connectivity index (χ3n) is 4.02. The van der Waals surface area contributed by atoms with Crippen LogP contribution in [0.3, 0.4) is 0 Å². The van der Waals surface area contributed by atoms with Gasteiger partial charge in [0.2, 0.25) is 0 Å². The van der Waals surface area contributed by atoms with Crippen LogP contribution in [0.5, 0.6) is 0 Å². The molecule has 3 rings (SSSR count). The summed E-state index contributed by atoms with van der Waals surface area (Å²) in [6.07, 6.45) is 0. The zero-order valence-electron chi connectivity index (χ0n) is 13.0. The van der Waals surface area contributed by atoms with Crippen molar-refractivity contribution in [2.24, 2.45) is 0 Å². The summed E-state index contributed by atoms with van der Waals surface area (Å²) in [5, 5.41) is 0. The minimum atomic E-state index is 0.130. The SMILES string of the molecule is Cc1ccccc1[C@H](C#Cc1ccccc1)N1CCOCC1. The van der Waals surface area contributed by atoms with Crippen LogP contribution in [0.4, 0.5) is 0 Å². The minimum Gasteiger partial charge on any atom is -0.379 e. The number of morpholine rings is 1. The van der Waals surface area contributed by atoms with Crippen molar-refractivity contribution in [3.8, 4) is 11.8 Å². The fraction of sp³-hybridized carbons (Fsp3) is 0.300. The molecule has 1 saturated heterocycles. The van der Waals surface area contributed by atoms with Gasteiger partial charge in [0.15, 0.2) is 0 Å². The van der Waals surface area contributed by atoms with Crippen LogP contribution in [0.2, 0.25) is 0 Å². The van der Waals surface area contributed by atoms with Crippen molar-refractivity contribution in [2.75, 3.05) is 26.3 Å². The molecule has 0 spiro atoms. The predicted molar refractivity (Wildman–Crippen MR) is 89.6 cm³/mol. The Bertz CT molecular complexity index is 663. The predicted octanol–water partition coefficient (Wildman–Crippen LogP) is 3.42. The van der Waals surface area contributed by atoms with Crippen LogP contribution >= 0.6 is 0 Å². The van der Waals surface area contributed by atoms with E-state index in [-0.39, 0.29) is 6.04 Å². The van der Waals surface area contributed by atoms with E-state index < -0.39 is 0 Å². The maximum absolute atomic E-state index is 5.49. The van der Waals surface area contributed by atoms with E-state index in [9.17, 15) is 0 Å². The average molecular weight is 291 g/mol. The highest BCUT2D eigenvalue weighted by Gasteiger charge is 2.21. The molecule has 1 fully saturated rings. The fourth-order valence-corrected chi connectivity index (χ4v) is 2.77. The molecule has 2 nitrogen and oxygen atoms in total. The Kier molecular flexibility index (Phi) is 4.90. The molecule has 1 aliphatic rings. The Hall–Kier alpha value is -2.08. The summed E-state index contributed by atoms with van der Waals surface area (Å²) in [5.74, 6) is 6.82. The third-order valence-corrected chi connectivity index (χ3v) is 4.02. The maximum atomic E-state index is 5.49. The molecule has 1 heterocycles. The van der Waals surface area contributed by atoms with E-state index >= 15 is 0 Å². The van der Waals surface area contributed by atoms with Crippen LogP contribution in [0.1, 0.15) is 22.7 Å². The monoisotopic (exact) mass is 291 g/mol. The topological polar surface area (TPSA) is 12.5 Å². The molecular weight excluding hydrogens is 270 g/mol. The average Bonchev–Trinajstić information content (AvgIpc) is 2.58. The van der Waals surface area contributed by atoms with E-state index in [2.05, 4.69) is 60.1 Å². The second kappa shape index (κ2) is 7.26. The molecule has 2 aromatic rings. The van der Waals surface area contributed by atoms with E-state index in [1.165, 1.54) is 11.1 Å². The van der Waals surface area contributed by atoms with Gasteiger partial charge in [0, 0.05) is 18.7 Å². The van der Waals surface area contributed by atoms with Crippen LogP contribution < -0.4 is 0 Å². The Morgan fingerprint density at radius 2 is 1.64 bits per heavy atom. The van der Waals surface area contributed by atoms with Crippen molar-refractivity contribution < 1.29 is 4.74 Å². The van der Waals surface area contributed by atoms with Gasteiger partial charge in [-0.2, -0.15) is 0 Å². The van der Waals surface area contributed by atoms with Crippen LogP contribution in [-0.2, 0) is 4.74 Å². The van der Waals surface area contributed by atoms with Crippen molar-refractivity contribution in [2.45, 2.75) is 13.0 Å². The second-order valence-electron chi connectivity index (χ2n) is 5.54. The highest BCUT2D eigenvalue weighted by atomic mass is 16.5. The Morgan fingerprint density at radius 1 is 0.955 bits per heavy atom. The molecule has 112 valence electrons. The highest BCUT2D eigenvalue weighted by Crippen LogP contribution is 2.24. The second-order valence-corrected chi connectivity index (χ2v) is 5.54. The van der Waals surface area contributed by atoms with Crippen molar-refractivity contribution in [3.63, 3.8) is 0 Å². The molecule has 2 heteroatoms. The van der Waals surface area contributed by atoms with E-state index in [0.717, 1.165) is 31.9 Å². The van der Waals surface area contributed by atoms with Crippen molar-refractivity contribution in [1.29, 1.82) is 0 Å². The molecule has 0 saturated carbocycles. The van der Waals surface area contributed by atoms with Gasteiger partial charge in [-0.3, -0.25) is 4.90 Å². The number of benzene rings is 2. The number of nitrogens with zero attached hydrogens (tertiary/aromatic N) is 1. The summed E-state index contributed by atoms with van der Waals surface area (Å²) in [6, 6.07) is 18.9. The van der Waals surface area contributed by atoms with E-state index in [1.54, 1.807) is 0 Å². The molecule has 0 N–H and O–H groups in total. The molecule has 0 unspecified atom stereocenters. The standard InChI is InChI=1S/C20H21NO/c1-17-7-5-6-10-19(17)20(21-13-15-22-16-14-21)12-11-18-8-3-2-4-9-18/h2-10,20H,13-16H2,1H3/t20-/m0/s1. The summed E-state index contributed by atoms with van der Waals surface area (Å²) in [4.78, 5) is 2.42. The normalized spacial score (nSPS) is 16.6. The molecule has 0 bridgehead atoms. The summed E-state index contributed by atoms with van der Waals surface area (Å²) < 4.78 is 5.49. The van der Waals surface area contributed by atoms with E-state index in [1.807, 2.05) is 18.2 Å². The Labute approximate surface area is 132 Å². The lowest BCUT2D eigenvalue weighted by Crippen LogP contribution is -2.38. The lowest BCUT2D eigenvalue weighted by atomic mass is 9.99. The van der Waals surface area contributed by atoms with Gasteiger partial charge in [-0.1, -0.05) is 54.3 Å². The summed E-state index contributed by atoms with van der Waals surface area (Å²) in [6.45, 7) is 5.60. The first kappa shape index (κ1) is 14.8.